The number of nitrogens with one attached hydrogen (secondary N) is 1. The van der Waals surface area contributed by atoms with Crippen molar-refractivity contribution in [2.45, 2.75) is 19.0 Å². The molecule has 0 spiro atoms. The third-order valence-electron chi connectivity index (χ3n) is 3.71. The van der Waals surface area contributed by atoms with E-state index in [0.29, 0.717) is 0 Å². The first kappa shape index (κ1) is 12.2. The summed E-state index contributed by atoms with van der Waals surface area (Å²) >= 11 is 2.06. The number of rotatable bonds is 3. The molecule has 0 aromatic heterocycles. The lowest BCUT2D eigenvalue weighted by molar-refractivity contribution is 0.246. The van der Waals surface area contributed by atoms with Crippen molar-refractivity contribution in [3.8, 4) is 5.75 Å². The summed E-state index contributed by atoms with van der Waals surface area (Å²) in [6.07, 6.45) is 1.31. The standard InChI is InChI=1S/C14H20N2OS/c1-16(12-5-8-18-10-12)9-11-3-2-4-13-14(11)17-7-6-15-13/h2-4,12,15H,5-10H2,1H3. The Hall–Kier alpha value is -0.870. The second-order valence-corrected chi connectivity index (χ2v) is 6.15. The molecule has 0 aliphatic carbocycles. The fourth-order valence-electron chi connectivity index (χ4n) is 2.63. The minimum absolute atomic E-state index is 0.724. The first-order valence-electron chi connectivity index (χ1n) is 6.61. The first-order chi connectivity index (χ1) is 8.84. The maximum absolute atomic E-state index is 5.82. The van der Waals surface area contributed by atoms with E-state index in [-0.39, 0.29) is 0 Å². The Morgan fingerprint density at radius 2 is 2.44 bits per heavy atom. The zero-order valence-electron chi connectivity index (χ0n) is 10.8. The van der Waals surface area contributed by atoms with E-state index in [9.17, 15) is 0 Å². The van der Waals surface area contributed by atoms with Gasteiger partial charge in [0.1, 0.15) is 12.4 Å². The molecule has 0 radical (unpaired) electrons. The largest absolute Gasteiger partial charge is 0.489 e. The van der Waals surface area contributed by atoms with Crippen LogP contribution in [-0.2, 0) is 6.54 Å². The summed E-state index contributed by atoms with van der Waals surface area (Å²) in [6, 6.07) is 7.13. The molecule has 1 fully saturated rings. The zero-order chi connectivity index (χ0) is 12.4. The highest BCUT2D eigenvalue weighted by atomic mass is 32.2. The minimum atomic E-state index is 0.724. The number of hydrogen-bond donors (Lipinski definition) is 1. The molecule has 98 valence electrons. The van der Waals surface area contributed by atoms with Gasteiger partial charge in [0.25, 0.3) is 0 Å². The molecule has 2 heterocycles. The van der Waals surface area contributed by atoms with Gasteiger partial charge in [-0.2, -0.15) is 11.8 Å². The van der Waals surface area contributed by atoms with Crippen LogP contribution >= 0.6 is 11.8 Å². The van der Waals surface area contributed by atoms with Gasteiger partial charge in [-0.25, -0.2) is 0 Å². The number of anilines is 1. The molecule has 1 aromatic rings. The minimum Gasteiger partial charge on any atom is -0.489 e. The Balaban J connectivity index is 1.75. The highest BCUT2D eigenvalue weighted by Gasteiger charge is 2.22. The van der Waals surface area contributed by atoms with E-state index in [1.54, 1.807) is 0 Å². The average Bonchev–Trinajstić information content (AvgIpc) is 2.93. The summed E-state index contributed by atoms with van der Waals surface area (Å²) in [5, 5.41) is 3.40. The summed E-state index contributed by atoms with van der Waals surface area (Å²) in [7, 11) is 2.23. The number of benzene rings is 1. The van der Waals surface area contributed by atoms with Crippen molar-refractivity contribution in [2.24, 2.45) is 0 Å². The molecule has 2 aliphatic heterocycles. The van der Waals surface area contributed by atoms with Crippen LogP contribution in [0.25, 0.3) is 0 Å². The van der Waals surface area contributed by atoms with E-state index in [1.165, 1.54) is 23.5 Å². The lowest BCUT2D eigenvalue weighted by atomic mass is 10.1. The van der Waals surface area contributed by atoms with Gasteiger partial charge >= 0.3 is 0 Å². The first-order valence-corrected chi connectivity index (χ1v) is 7.76. The Kier molecular flexibility index (Phi) is 3.66. The van der Waals surface area contributed by atoms with E-state index in [1.807, 2.05) is 0 Å². The molecule has 0 amide bonds. The third kappa shape index (κ3) is 2.45. The molecular formula is C14H20N2OS. The molecule has 1 saturated heterocycles. The number of hydrogen-bond acceptors (Lipinski definition) is 4. The lowest BCUT2D eigenvalue weighted by Gasteiger charge is -2.27. The van der Waals surface area contributed by atoms with Gasteiger partial charge in [0, 0.05) is 30.4 Å². The number of fused-ring (bicyclic) bond motifs is 1. The normalized spacial score (nSPS) is 22.4. The molecule has 1 aromatic carbocycles. The van der Waals surface area contributed by atoms with Crippen LogP contribution < -0.4 is 10.1 Å². The maximum atomic E-state index is 5.82. The van der Waals surface area contributed by atoms with Gasteiger partial charge in [-0.15, -0.1) is 0 Å². The Morgan fingerprint density at radius 1 is 1.50 bits per heavy atom. The van der Waals surface area contributed by atoms with Crippen molar-refractivity contribution >= 4 is 17.4 Å². The summed E-state index contributed by atoms with van der Waals surface area (Å²) < 4.78 is 5.82. The number of para-hydroxylation sites is 1. The molecule has 3 rings (SSSR count). The van der Waals surface area contributed by atoms with Gasteiger partial charge in [0.2, 0.25) is 0 Å². The van der Waals surface area contributed by atoms with Crippen LogP contribution in [0.4, 0.5) is 5.69 Å². The predicted octanol–water partition coefficient (Wildman–Crippen LogP) is 2.43. The maximum Gasteiger partial charge on any atom is 0.146 e. The Bertz CT molecular complexity index is 418. The van der Waals surface area contributed by atoms with E-state index in [2.05, 4.69) is 47.2 Å². The van der Waals surface area contributed by atoms with Crippen molar-refractivity contribution in [3.05, 3.63) is 23.8 Å². The fourth-order valence-corrected chi connectivity index (χ4v) is 3.92. The quantitative estimate of drug-likeness (QED) is 0.906. The summed E-state index contributed by atoms with van der Waals surface area (Å²) in [5.41, 5.74) is 2.45. The SMILES string of the molecule is CN(Cc1cccc2c1OCCN2)C1CCSC1. The van der Waals surface area contributed by atoms with Gasteiger partial charge in [-0.3, -0.25) is 4.90 Å². The van der Waals surface area contributed by atoms with Crippen LogP contribution in [0.2, 0.25) is 0 Å². The predicted molar refractivity (Wildman–Crippen MR) is 77.6 cm³/mol. The van der Waals surface area contributed by atoms with Crippen LogP contribution in [0.3, 0.4) is 0 Å². The van der Waals surface area contributed by atoms with Crippen molar-refractivity contribution < 1.29 is 4.74 Å². The van der Waals surface area contributed by atoms with Gasteiger partial charge in [0.15, 0.2) is 0 Å². The molecule has 18 heavy (non-hydrogen) atoms. The second kappa shape index (κ2) is 5.41. The van der Waals surface area contributed by atoms with E-state index < -0.39 is 0 Å². The molecule has 1 N–H and O–H groups in total. The average molecular weight is 264 g/mol. The Labute approximate surface area is 113 Å². The monoisotopic (exact) mass is 264 g/mol. The zero-order valence-corrected chi connectivity index (χ0v) is 11.6. The number of ether oxygens (including phenoxy) is 1. The molecule has 1 unspecified atom stereocenters. The van der Waals surface area contributed by atoms with E-state index in [4.69, 9.17) is 4.74 Å². The van der Waals surface area contributed by atoms with Crippen LogP contribution in [0.15, 0.2) is 18.2 Å². The second-order valence-electron chi connectivity index (χ2n) is 5.00. The van der Waals surface area contributed by atoms with Crippen molar-refractivity contribution in [1.82, 2.24) is 4.90 Å². The topological polar surface area (TPSA) is 24.5 Å². The van der Waals surface area contributed by atoms with Gasteiger partial charge in [0.05, 0.1) is 5.69 Å². The third-order valence-corrected chi connectivity index (χ3v) is 4.85. The van der Waals surface area contributed by atoms with Gasteiger partial charge < -0.3 is 10.1 Å². The number of nitrogens with zero attached hydrogens (tertiary/aromatic N) is 1. The van der Waals surface area contributed by atoms with Crippen LogP contribution in [0, 0.1) is 0 Å². The molecule has 4 heteroatoms. The Morgan fingerprint density at radius 3 is 3.28 bits per heavy atom. The van der Waals surface area contributed by atoms with Gasteiger partial charge in [-0.05, 0) is 25.3 Å². The molecule has 3 nitrogen and oxygen atoms in total. The van der Waals surface area contributed by atoms with E-state index in [0.717, 1.165) is 37.2 Å². The van der Waals surface area contributed by atoms with E-state index >= 15 is 0 Å². The smallest absolute Gasteiger partial charge is 0.146 e. The number of thioether (sulfide) groups is 1. The van der Waals surface area contributed by atoms with Crippen LogP contribution in [0.5, 0.6) is 5.75 Å². The van der Waals surface area contributed by atoms with Crippen LogP contribution in [-0.4, -0.2) is 42.6 Å². The fraction of sp³-hybridized carbons (Fsp3) is 0.571. The molecule has 2 aliphatic rings. The van der Waals surface area contributed by atoms with Crippen molar-refractivity contribution in [1.29, 1.82) is 0 Å². The summed E-state index contributed by atoms with van der Waals surface area (Å²) in [5.74, 6) is 3.63. The van der Waals surface area contributed by atoms with Crippen molar-refractivity contribution in [2.75, 3.05) is 37.0 Å². The van der Waals surface area contributed by atoms with Crippen LogP contribution in [0.1, 0.15) is 12.0 Å². The highest BCUT2D eigenvalue weighted by Crippen LogP contribution is 2.33. The van der Waals surface area contributed by atoms with Crippen molar-refractivity contribution in [3.63, 3.8) is 0 Å². The van der Waals surface area contributed by atoms with Gasteiger partial charge in [-0.1, -0.05) is 12.1 Å². The summed E-state index contributed by atoms with van der Waals surface area (Å²) in [6.45, 7) is 2.66. The molecule has 0 saturated carbocycles. The summed E-state index contributed by atoms with van der Waals surface area (Å²) in [4.78, 5) is 2.47. The lowest BCUT2D eigenvalue weighted by Crippen LogP contribution is -2.31. The molecular weight excluding hydrogens is 244 g/mol. The highest BCUT2D eigenvalue weighted by molar-refractivity contribution is 7.99. The molecule has 0 bridgehead atoms. The molecule has 1 atom stereocenters.